The quantitative estimate of drug-likeness (QED) is 0.0504. The van der Waals surface area contributed by atoms with Gasteiger partial charge in [0, 0.05) is 23.7 Å². The van der Waals surface area contributed by atoms with E-state index in [-0.39, 0.29) is 70.9 Å². The fraction of sp³-hybridized carbons (Fsp3) is 0.294. The number of carbonyl (C=O) groups is 4. The van der Waals surface area contributed by atoms with E-state index in [1.54, 1.807) is 48.5 Å². The molecule has 12 heteroatoms. The van der Waals surface area contributed by atoms with Crippen LogP contribution in [0.3, 0.4) is 0 Å². The second-order valence-corrected chi connectivity index (χ2v) is 21.2. The third kappa shape index (κ3) is 9.02. The number of rotatable bonds is 16. The van der Waals surface area contributed by atoms with Crippen LogP contribution in [0.25, 0.3) is 43.1 Å². The number of ether oxygens (including phenoxy) is 4. The molecule has 80 heavy (non-hydrogen) atoms. The van der Waals surface area contributed by atoms with Gasteiger partial charge < -0.3 is 18.9 Å². The van der Waals surface area contributed by atoms with Crippen LogP contribution in [-0.2, 0) is 18.9 Å². The maximum Gasteiger partial charge on any atom is 0.339 e. The van der Waals surface area contributed by atoms with E-state index in [0.29, 0.717) is 47.2 Å². The van der Waals surface area contributed by atoms with Crippen molar-refractivity contribution in [2.75, 3.05) is 26.4 Å². The number of nitriles is 4. The van der Waals surface area contributed by atoms with Gasteiger partial charge in [0.1, 0.15) is 24.3 Å². The second-order valence-electron chi connectivity index (χ2n) is 21.2. The minimum Gasteiger partial charge on any atom is -0.462 e. The van der Waals surface area contributed by atoms with Crippen molar-refractivity contribution >= 4 is 67.0 Å². The van der Waals surface area contributed by atoms with Crippen LogP contribution in [-0.4, -0.2) is 50.3 Å². The molecule has 0 fully saturated rings. The van der Waals surface area contributed by atoms with Gasteiger partial charge in [-0.15, -0.1) is 0 Å². The van der Waals surface area contributed by atoms with Crippen molar-refractivity contribution in [1.29, 1.82) is 21.0 Å². The molecule has 0 aromatic heterocycles. The van der Waals surface area contributed by atoms with Crippen LogP contribution in [0.1, 0.15) is 211 Å². The summed E-state index contributed by atoms with van der Waals surface area (Å²) >= 11 is 0. The van der Waals surface area contributed by atoms with Gasteiger partial charge in [-0.3, -0.25) is 0 Å². The first-order valence-corrected chi connectivity index (χ1v) is 27.7. The van der Waals surface area contributed by atoms with Gasteiger partial charge in [-0.25, -0.2) is 19.2 Å². The van der Waals surface area contributed by atoms with E-state index in [1.807, 2.05) is 27.7 Å². The Labute approximate surface area is 463 Å². The number of fused-ring (bicyclic) bond motifs is 4. The zero-order valence-corrected chi connectivity index (χ0v) is 45.1. The van der Waals surface area contributed by atoms with Crippen molar-refractivity contribution in [2.24, 2.45) is 0 Å². The predicted octanol–water partition coefficient (Wildman–Crippen LogP) is 14.5. The van der Waals surface area contributed by atoms with Crippen LogP contribution < -0.4 is 0 Å². The molecule has 4 atom stereocenters. The van der Waals surface area contributed by atoms with E-state index in [0.717, 1.165) is 91.7 Å². The smallest absolute Gasteiger partial charge is 0.339 e. The van der Waals surface area contributed by atoms with E-state index in [2.05, 4.69) is 72.8 Å². The molecular formula is C68H56N4O8. The molecule has 8 aromatic rings. The first kappa shape index (κ1) is 52.7. The van der Waals surface area contributed by atoms with Gasteiger partial charge in [0.25, 0.3) is 0 Å². The first-order chi connectivity index (χ1) is 39.0. The van der Waals surface area contributed by atoms with E-state index >= 15 is 0 Å². The Morgan fingerprint density at radius 1 is 0.312 bits per heavy atom. The molecule has 0 saturated carbocycles. The first-order valence-electron chi connectivity index (χ1n) is 27.7. The molecule has 0 N–H and O–H groups in total. The maximum absolute atomic E-state index is 14.1. The van der Waals surface area contributed by atoms with Gasteiger partial charge in [0.05, 0.1) is 70.9 Å². The molecule has 6 aliphatic rings. The van der Waals surface area contributed by atoms with Crippen LogP contribution in [0, 0.1) is 45.3 Å². The number of nitrogens with zero attached hydrogens (tertiary/aromatic N) is 4. The van der Waals surface area contributed by atoms with Gasteiger partial charge >= 0.3 is 23.9 Å². The summed E-state index contributed by atoms with van der Waals surface area (Å²) in [6.45, 7) is 8.76. The molecule has 4 unspecified atom stereocenters. The average Bonchev–Trinajstić information content (AvgIpc) is 3.26. The predicted molar refractivity (Wildman–Crippen MR) is 303 cm³/mol. The zero-order chi connectivity index (χ0) is 55.9. The molecule has 4 bridgehead atoms. The minimum absolute atomic E-state index is 0.104. The third-order valence-corrected chi connectivity index (χ3v) is 16.3. The van der Waals surface area contributed by atoms with Gasteiger partial charge in [-0.1, -0.05) is 102 Å². The Morgan fingerprint density at radius 2 is 0.487 bits per heavy atom. The lowest BCUT2D eigenvalue weighted by Gasteiger charge is -2.50. The number of hydrogen-bond donors (Lipinski definition) is 0. The summed E-state index contributed by atoms with van der Waals surface area (Å²) in [5, 5.41) is 47.1. The number of benzene rings is 8. The van der Waals surface area contributed by atoms with Gasteiger partial charge in [0.15, 0.2) is 0 Å². The summed E-state index contributed by atoms with van der Waals surface area (Å²) in [7, 11) is 0. The Hall–Kier alpha value is -9.36. The normalized spacial score (nSPS) is 16.0. The van der Waals surface area contributed by atoms with Crippen molar-refractivity contribution < 1.29 is 38.1 Å². The van der Waals surface area contributed by atoms with E-state index in [9.17, 15) is 40.2 Å². The molecule has 396 valence electrons. The highest BCUT2D eigenvalue weighted by molar-refractivity contribution is 6.09. The fourth-order valence-corrected chi connectivity index (χ4v) is 12.4. The van der Waals surface area contributed by atoms with Gasteiger partial charge in [-0.2, -0.15) is 21.0 Å². The number of carbonyl (C=O) groups excluding carboxylic acids is 4. The SMILES string of the molecule is CCCCOC(=O)c1cc2cc3c(cc2cc1C(=O)OCCCC)C1c2cc4cc(C#N)c(C#N)cc4cc2C3C2c3cc4cc(C#N)c(C#N)cc4cc3C1c1cc3cc(C(=O)OCCCC)c(C(=O)OCCCC)cc3cc12. The lowest BCUT2D eigenvalue weighted by Crippen LogP contribution is -2.36. The number of hydrogen-bond acceptors (Lipinski definition) is 12. The Morgan fingerprint density at radius 3 is 0.650 bits per heavy atom. The van der Waals surface area contributed by atoms with Gasteiger partial charge in [-0.05, 0) is 162 Å². The van der Waals surface area contributed by atoms with E-state index in [1.165, 1.54) is 0 Å². The zero-order valence-electron chi connectivity index (χ0n) is 45.1. The highest BCUT2D eigenvalue weighted by Crippen LogP contribution is 2.65. The largest absolute Gasteiger partial charge is 0.462 e. The Bertz CT molecular complexity index is 3620. The fourth-order valence-electron chi connectivity index (χ4n) is 12.4. The minimum atomic E-state index is -0.624. The molecule has 0 amide bonds. The van der Waals surface area contributed by atoms with Crippen molar-refractivity contribution in [3.63, 3.8) is 0 Å². The Balaban J connectivity index is 1.24. The monoisotopic (exact) mass is 1060 g/mol. The van der Waals surface area contributed by atoms with Crippen LogP contribution in [0.5, 0.6) is 0 Å². The second kappa shape index (κ2) is 21.8. The van der Waals surface area contributed by atoms with Crippen LogP contribution in [0.15, 0.2) is 97.1 Å². The maximum atomic E-state index is 14.1. The third-order valence-electron chi connectivity index (χ3n) is 16.3. The standard InChI is InChI=1S/C68H56N4O8/c1-5-9-13-77-65(73)57-29-41-25-53-54(26-42(41)30-58(57)66(74)78-14-10-6-2)62-50-22-38-18-46(34-70)45(33-69)17-37(38)21-49(50)61(53)63-51-23-39-19-47(35-71)48(36-72)20-40(39)24-52(51)64(62)56-28-44-32-60(68(76)80-16-12-8-4)59(31-43(44)27-55(56)63)67(75)79-15-11-7-3/h17-32,61-64H,5-16H2,1-4H3. The summed E-state index contributed by atoms with van der Waals surface area (Å²) in [6, 6.07) is 40.0. The molecule has 0 spiro atoms. The summed E-state index contributed by atoms with van der Waals surface area (Å²) in [6.07, 6.45) is 5.83. The summed E-state index contributed by atoms with van der Waals surface area (Å²) in [5.41, 5.74) is 9.29. The van der Waals surface area contributed by atoms with Gasteiger partial charge in [0.2, 0.25) is 0 Å². The summed E-state index contributed by atoms with van der Waals surface area (Å²) in [4.78, 5) is 56.3. The molecule has 0 heterocycles. The van der Waals surface area contributed by atoms with Crippen molar-refractivity contribution in [3.05, 3.63) is 186 Å². The number of esters is 4. The van der Waals surface area contributed by atoms with Crippen molar-refractivity contribution in [2.45, 2.75) is 103 Å². The van der Waals surface area contributed by atoms with E-state index < -0.39 is 47.5 Å². The lowest BCUT2D eigenvalue weighted by atomic mass is 9.52. The van der Waals surface area contributed by atoms with Crippen LogP contribution in [0.2, 0.25) is 0 Å². The molecule has 6 aliphatic carbocycles. The molecule has 8 aromatic carbocycles. The van der Waals surface area contributed by atoms with Crippen molar-refractivity contribution in [1.82, 2.24) is 0 Å². The van der Waals surface area contributed by atoms with E-state index in [4.69, 9.17) is 18.9 Å². The molecule has 14 rings (SSSR count). The molecular weight excluding hydrogens is 1000 g/mol. The summed E-state index contributed by atoms with van der Waals surface area (Å²) in [5.74, 6) is -4.39. The Kier molecular flexibility index (Phi) is 14.4. The van der Waals surface area contributed by atoms with Crippen LogP contribution in [0.4, 0.5) is 0 Å². The molecule has 12 nitrogen and oxygen atoms in total. The topological polar surface area (TPSA) is 200 Å². The highest BCUT2D eigenvalue weighted by Gasteiger charge is 2.50. The van der Waals surface area contributed by atoms with Crippen molar-refractivity contribution in [3.8, 4) is 24.3 Å². The lowest BCUT2D eigenvalue weighted by molar-refractivity contribution is 0.0452. The summed E-state index contributed by atoms with van der Waals surface area (Å²) < 4.78 is 23.1. The molecule has 0 aliphatic heterocycles. The molecule has 0 saturated heterocycles. The highest BCUT2D eigenvalue weighted by atomic mass is 16.5. The average molecular weight is 1060 g/mol. The molecule has 0 radical (unpaired) electrons. The number of unbranched alkanes of at least 4 members (excludes halogenated alkanes) is 4. The van der Waals surface area contributed by atoms with Crippen LogP contribution >= 0.6 is 0 Å².